The van der Waals surface area contributed by atoms with E-state index in [2.05, 4.69) is 9.97 Å². The van der Waals surface area contributed by atoms with E-state index in [-0.39, 0.29) is 11.8 Å². The van der Waals surface area contributed by atoms with Crippen LogP contribution < -0.4 is 0 Å². The van der Waals surface area contributed by atoms with Crippen molar-refractivity contribution < 1.29 is 4.79 Å². The lowest BCUT2D eigenvalue weighted by molar-refractivity contribution is -0.131. The highest BCUT2D eigenvalue weighted by atomic mass is 35.5. The Morgan fingerprint density at radius 3 is 2.79 bits per heavy atom. The first kappa shape index (κ1) is 18.6. The molecule has 0 spiro atoms. The number of likely N-dealkylation sites (tertiary alicyclic amines) is 1. The summed E-state index contributed by atoms with van der Waals surface area (Å²) >= 11 is 5.93. The Morgan fingerprint density at radius 1 is 1.14 bits per heavy atom. The number of pyridine rings is 1. The molecular formula is C22H21ClN4O. The average molecular weight is 393 g/mol. The summed E-state index contributed by atoms with van der Waals surface area (Å²) in [5.74, 6) is 1.05. The molecule has 1 saturated heterocycles. The van der Waals surface area contributed by atoms with E-state index in [1.54, 1.807) is 18.6 Å². The lowest BCUT2D eigenvalue weighted by atomic mass is 9.94. The number of carbonyl (C=O) groups excluding carboxylic acids is 1. The van der Waals surface area contributed by atoms with Gasteiger partial charge in [-0.3, -0.25) is 9.78 Å². The van der Waals surface area contributed by atoms with Crippen molar-refractivity contribution in [2.75, 3.05) is 13.1 Å². The van der Waals surface area contributed by atoms with Gasteiger partial charge < -0.3 is 4.90 Å². The average Bonchev–Trinajstić information content (AvgIpc) is 2.76. The predicted octanol–water partition coefficient (Wildman–Crippen LogP) is 4.14. The zero-order valence-electron chi connectivity index (χ0n) is 15.5. The fourth-order valence-corrected chi connectivity index (χ4v) is 3.69. The molecule has 1 amide bonds. The molecule has 28 heavy (non-hydrogen) atoms. The molecule has 1 aliphatic heterocycles. The molecule has 4 rings (SSSR count). The second-order valence-corrected chi connectivity index (χ2v) is 7.47. The van der Waals surface area contributed by atoms with Crippen molar-refractivity contribution in [3.05, 3.63) is 77.3 Å². The van der Waals surface area contributed by atoms with Crippen molar-refractivity contribution in [1.29, 1.82) is 0 Å². The first-order chi connectivity index (χ1) is 13.7. The molecule has 5 nitrogen and oxygen atoms in total. The number of amides is 1. The van der Waals surface area contributed by atoms with Gasteiger partial charge in [-0.25, -0.2) is 9.97 Å². The van der Waals surface area contributed by atoms with Crippen LogP contribution in [0.3, 0.4) is 0 Å². The zero-order chi connectivity index (χ0) is 19.3. The molecule has 0 unspecified atom stereocenters. The van der Waals surface area contributed by atoms with E-state index >= 15 is 0 Å². The number of hydrogen-bond donors (Lipinski definition) is 0. The Bertz CT molecular complexity index is 946. The van der Waals surface area contributed by atoms with Gasteiger partial charge in [0.25, 0.3) is 0 Å². The minimum atomic E-state index is 0.147. The Kier molecular flexibility index (Phi) is 5.63. The summed E-state index contributed by atoms with van der Waals surface area (Å²) in [7, 11) is 0. The van der Waals surface area contributed by atoms with Crippen molar-refractivity contribution in [3.8, 4) is 11.4 Å². The number of rotatable bonds is 4. The van der Waals surface area contributed by atoms with Gasteiger partial charge in [-0.1, -0.05) is 23.7 Å². The largest absolute Gasteiger partial charge is 0.342 e. The van der Waals surface area contributed by atoms with Gasteiger partial charge in [0.1, 0.15) is 0 Å². The summed E-state index contributed by atoms with van der Waals surface area (Å²) in [6, 6.07) is 13.3. The number of piperidine rings is 1. The lowest BCUT2D eigenvalue weighted by Crippen LogP contribution is -2.40. The minimum Gasteiger partial charge on any atom is -0.342 e. The SMILES string of the molecule is O=C(Cc1ccc(Cl)cc1)N1CCC[C@H](c2ccnc(-c3cccnc3)n2)C1. The maximum Gasteiger partial charge on any atom is 0.227 e. The van der Waals surface area contributed by atoms with E-state index in [1.165, 1.54) is 0 Å². The van der Waals surface area contributed by atoms with E-state index in [0.717, 1.165) is 36.2 Å². The molecule has 1 aliphatic rings. The van der Waals surface area contributed by atoms with Crippen molar-refractivity contribution >= 4 is 17.5 Å². The fraction of sp³-hybridized carbons (Fsp3) is 0.273. The number of aromatic nitrogens is 3. The number of carbonyl (C=O) groups is 1. The molecule has 1 aromatic carbocycles. The van der Waals surface area contributed by atoms with Crippen LogP contribution in [0.15, 0.2) is 61.1 Å². The fourth-order valence-electron chi connectivity index (χ4n) is 3.57. The van der Waals surface area contributed by atoms with Gasteiger partial charge in [0.05, 0.1) is 6.42 Å². The quantitative estimate of drug-likeness (QED) is 0.669. The highest BCUT2D eigenvalue weighted by Gasteiger charge is 2.26. The molecule has 0 aliphatic carbocycles. The van der Waals surface area contributed by atoms with E-state index < -0.39 is 0 Å². The molecule has 0 N–H and O–H groups in total. The molecular weight excluding hydrogens is 372 g/mol. The Labute approximate surface area is 169 Å². The van der Waals surface area contributed by atoms with Crippen LogP contribution in [0.2, 0.25) is 5.02 Å². The van der Waals surface area contributed by atoms with Crippen molar-refractivity contribution in [2.24, 2.45) is 0 Å². The summed E-state index contributed by atoms with van der Waals surface area (Å²) in [6.45, 7) is 1.49. The third-order valence-electron chi connectivity index (χ3n) is 5.06. The van der Waals surface area contributed by atoms with E-state index in [9.17, 15) is 4.79 Å². The van der Waals surface area contributed by atoms with Crippen LogP contribution in [0.4, 0.5) is 0 Å². The second-order valence-electron chi connectivity index (χ2n) is 7.03. The standard InChI is InChI=1S/C22H21ClN4O/c23-19-7-5-16(6-8-19)13-21(28)27-12-2-4-18(15-27)20-9-11-25-22(26-20)17-3-1-10-24-14-17/h1,3,5-11,14,18H,2,4,12-13,15H2/t18-/m0/s1. The highest BCUT2D eigenvalue weighted by Crippen LogP contribution is 2.27. The maximum atomic E-state index is 12.8. The first-order valence-electron chi connectivity index (χ1n) is 9.44. The summed E-state index contributed by atoms with van der Waals surface area (Å²) in [5, 5.41) is 0.683. The number of halogens is 1. The molecule has 6 heteroatoms. The topological polar surface area (TPSA) is 59.0 Å². The molecule has 0 saturated carbocycles. The number of hydrogen-bond acceptors (Lipinski definition) is 4. The van der Waals surface area contributed by atoms with Gasteiger partial charge in [-0.05, 0) is 48.7 Å². The summed E-state index contributed by atoms with van der Waals surface area (Å²) in [6.07, 6.45) is 7.69. The number of benzene rings is 1. The van der Waals surface area contributed by atoms with Crippen LogP contribution in [-0.4, -0.2) is 38.8 Å². The molecule has 3 heterocycles. The molecule has 2 aromatic heterocycles. The van der Waals surface area contributed by atoms with E-state index in [4.69, 9.17) is 16.6 Å². The van der Waals surface area contributed by atoms with Crippen molar-refractivity contribution in [3.63, 3.8) is 0 Å². The van der Waals surface area contributed by atoms with Crippen LogP contribution in [-0.2, 0) is 11.2 Å². The van der Waals surface area contributed by atoms with Crippen LogP contribution in [0.25, 0.3) is 11.4 Å². The van der Waals surface area contributed by atoms with Crippen molar-refractivity contribution in [1.82, 2.24) is 19.9 Å². The Balaban J connectivity index is 1.46. The molecule has 142 valence electrons. The van der Waals surface area contributed by atoms with E-state index in [0.29, 0.717) is 23.8 Å². The molecule has 3 aromatic rings. The molecule has 0 radical (unpaired) electrons. The maximum absolute atomic E-state index is 12.8. The van der Waals surface area contributed by atoms with Gasteiger partial charge in [-0.15, -0.1) is 0 Å². The minimum absolute atomic E-state index is 0.147. The second kappa shape index (κ2) is 8.48. The normalized spacial score (nSPS) is 16.8. The van der Waals surface area contributed by atoms with Gasteiger partial charge in [0.2, 0.25) is 5.91 Å². The monoisotopic (exact) mass is 392 g/mol. The van der Waals surface area contributed by atoms with Crippen LogP contribution in [0.5, 0.6) is 0 Å². The summed E-state index contributed by atoms with van der Waals surface area (Å²) in [4.78, 5) is 28.0. The van der Waals surface area contributed by atoms with E-state index in [1.807, 2.05) is 47.4 Å². The lowest BCUT2D eigenvalue weighted by Gasteiger charge is -2.32. The Morgan fingerprint density at radius 2 is 2.00 bits per heavy atom. The molecule has 1 atom stereocenters. The zero-order valence-corrected chi connectivity index (χ0v) is 16.2. The first-order valence-corrected chi connectivity index (χ1v) is 9.82. The van der Waals surface area contributed by atoms with Crippen LogP contribution in [0, 0.1) is 0 Å². The van der Waals surface area contributed by atoms with Gasteiger partial charge in [0, 0.05) is 53.9 Å². The molecule has 0 bridgehead atoms. The van der Waals surface area contributed by atoms with Crippen LogP contribution in [0.1, 0.15) is 30.0 Å². The van der Waals surface area contributed by atoms with Crippen LogP contribution >= 0.6 is 11.6 Å². The summed E-state index contributed by atoms with van der Waals surface area (Å²) in [5.41, 5.74) is 2.87. The van der Waals surface area contributed by atoms with Gasteiger partial charge >= 0.3 is 0 Å². The summed E-state index contributed by atoms with van der Waals surface area (Å²) < 4.78 is 0. The molecule has 1 fully saturated rings. The van der Waals surface area contributed by atoms with Gasteiger partial charge in [-0.2, -0.15) is 0 Å². The van der Waals surface area contributed by atoms with Crippen molar-refractivity contribution in [2.45, 2.75) is 25.2 Å². The highest BCUT2D eigenvalue weighted by molar-refractivity contribution is 6.30. The smallest absolute Gasteiger partial charge is 0.227 e. The third kappa shape index (κ3) is 4.37. The third-order valence-corrected chi connectivity index (χ3v) is 5.31. The van der Waals surface area contributed by atoms with Gasteiger partial charge in [0.15, 0.2) is 5.82 Å². The number of nitrogens with zero attached hydrogens (tertiary/aromatic N) is 4. The Hall–Kier alpha value is -2.79. The predicted molar refractivity (Wildman–Crippen MR) is 109 cm³/mol.